The van der Waals surface area contributed by atoms with Crippen LogP contribution in [0.15, 0.2) is 59.9 Å². The Labute approximate surface area is 121 Å². The molecule has 0 aliphatic rings. The van der Waals surface area contributed by atoms with Gasteiger partial charge >= 0.3 is 0 Å². The van der Waals surface area contributed by atoms with Gasteiger partial charge in [0.2, 0.25) is 0 Å². The van der Waals surface area contributed by atoms with Crippen LogP contribution in [0, 0.1) is 0 Å². The predicted molar refractivity (Wildman–Crippen MR) is 81.1 cm³/mol. The minimum atomic E-state index is 0.732. The van der Waals surface area contributed by atoms with Gasteiger partial charge in [-0.15, -0.1) is 11.8 Å². The molecule has 0 fully saturated rings. The Hall–Kier alpha value is -1.45. The lowest BCUT2D eigenvalue weighted by molar-refractivity contribution is 1.04. The molecule has 0 radical (unpaired) electrons. The molecule has 0 aliphatic heterocycles. The normalized spacial score (nSPS) is 11.0. The fourth-order valence-electron chi connectivity index (χ4n) is 1.96. The van der Waals surface area contributed by atoms with Crippen molar-refractivity contribution >= 4 is 29.0 Å². The molecular weight excluding hydrogens is 276 g/mol. The summed E-state index contributed by atoms with van der Waals surface area (Å²) in [5.74, 6) is 1.03. The second-order valence-corrected chi connectivity index (χ2v) is 5.81. The Morgan fingerprint density at radius 1 is 1.11 bits per heavy atom. The zero-order chi connectivity index (χ0) is 13.1. The molecule has 1 aromatic carbocycles. The fraction of sp³-hybridized carbons (Fsp3) is 0.133. The number of pyridine rings is 1. The highest BCUT2D eigenvalue weighted by atomic mass is 35.5. The summed E-state index contributed by atoms with van der Waals surface area (Å²) in [7, 11) is 0. The third-order valence-corrected chi connectivity index (χ3v) is 4.15. The SMILES string of the molecule is Clc1ccc2ncc(SCCc3ccccc3)n2c1. The van der Waals surface area contributed by atoms with Gasteiger partial charge in [-0.2, -0.15) is 0 Å². The van der Waals surface area contributed by atoms with Crippen LogP contribution in [0.1, 0.15) is 5.56 Å². The first-order chi connectivity index (χ1) is 9.33. The lowest BCUT2D eigenvalue weighted by Gasteiger charge is -2.02. The van der Waals surface area contributed by atoms with Crippen molar-refractivity contribution in [3.05, 3.63) is 65.4 Å². The maximum atomic E-state index is 6.02. The van der Waals surface area contributed by atoms with Crippen LogP contribution in [-0.2, 0) is 6.42 Å². The highest BCUT2D eigenvalue weighted by Gasteiger charge is 2.04. The number of aryl methyl sites for hydroxylation is 1. The van der Waals surface area contributed by atoms with Crippen molar-refractivity contribution in [1.29, 1.82) is 0 Å². The number of fused-ring (bicyclic) bond motifs is 1. The molecule has 4 heteroatoms. The maximum Gasteiger partial charge on any atom is 0.137 e. The van der Waals surface area contributed by atoms with E-state index in [2.05, 4.69) is 29.2 Å². The Morgan fingerprint density at radius 2 is 1.95 bits per heavy atom. The highest BCUT2D eigenvalue weighted by molar-refractivity contribution is 7.99. The van der Waals surface area contributed by atoms with Gasteiger partial charge in [0.15, 0.2) is 0 Å². The Kier molecular flexibility index (Phi) is 3.76. The quantitative estimate of drug-likeness (QED) is 0.665. The van der Waals surface area contributed by atoms with Crippen molar-refractivity contribution in [3.63, 3.8) is 0 Å². The number of rotatable bonds is 4. The molecule has 19 heavy (non-hydrogen) atoms. The van der Waals surface area contributed by atoms with Crippen LogP contribution < -0.4 is 0 Å². The minimum absolute atomic E-state index is 0.732. The predicted octanol–water partition coefficient (Wildman–Crippen LogP) is 4.32. The standard InChI is InChI=1S/C15H13ClN2S/c16-13-6-7-14-17-10-15(18(14)11-13)19-9-8-12-4-2-1-3-5-12/h1-7,10-11H,8-9H2. The average Bonchev–Trinajstić information content (AvgIpc) is 2.83. The van der Waals surface area contributed by atoms with Gasteiger partial charge in [-0.1, -0.05) is 41.9 Å². The van der Waals surface area contributed by atoms with Crippen molar-refractivity contribution in [2.24, 2.45) is 0 Å². The first-order valence-corrected chi connectivity index (χ1v) is 7.48. The van der Waals surface area contributed by atoms with Gasteiger partial charge in [0.1, 0.15) is 5.65 Å². The zero-order valence-electron chi connectivity index (χ0n) is 10.3. The minimum Gasteiger partial charge on any atom is -0.293 e. The Bertz CT molecular complexity index is 679. The van der Waals surface area contributed by atoms with Crippen molar-refractivity contribution in [2.75, 3.05) is 5.75 Å². The highest BCUT2D eigenvalue weighted by Crippen LogP contribution is 2.22. The van der Waals surface area contributed by atoms with E-state index in [1.54, 1.807) is 11.8 Å². The van der Waals surface area contributed by atoms with Gasteiger partial charge < -0.3 is 0 Å². The van der Waals surface area contributed by atoms with Gasteiger partial charge in [0.05, 0.1) is 16.2 Å². The fourth-order valence-corrected chi connectivity index (χ4v) is 3.08. The first-order valence-electron chi connectivity index (χ1n) is 6.12. The molecule has 0 spiro atoms. The lowest BCUT2D eigenvalue weighted by Crippen LogP contribution is -1.90. The van der Waals surface area contributed by atoms with Crippen LogP contribution >= 0.6 is 23.4 Å². The molecule has 2 heterocycles. The summed E-state index contributed by atoms with van der Waals surface area (Å²) >= 11 is 7.82. The van der Waals surface area contributed by atoms with Crippen LogP contribution in [0.5, 0.6) is 0 Å². The number of hydrogen-bond donors (Lipinski definition) is 0. The summed E-state index contributed by atoms with van der Waals surface area (Å²) in [6, 6.07) is 14.3. The van der Waals surface area contributed by atoms with Crippen LogP contribution in [-0.4, -0.2) is 15.1 Å². The van der Waals surface area contributed by atoms with Gasteiger partial charge in [0.25, 0.3) is 0 Å². The molecular formula is C15H13ClN2S. The third-order valence-electron chi connectivity index (χ3n) is 2.92. The van der Waals surface area contributed by atoms with E-state index in [9.17, 15) is 0 Å². The number of nitrogens with zero attached hydrogens (tertiary/aromatic N) is 2. The summed E-state index contributed by atoms with van der Waals surface area (Å²) in [6.07, 6.45) is 4.87. The number of halogens is 1. The first kappa shape index (κ1) is 12.6. The smallest absolute Gasteiger partial charge is 0.137 e. The summed E-state index contributed by atoms with van der Waals surface area (Å²) in [5.41, 5.74) is 2.30. The average molecular weight is 289 g/mol. The molecule has 0 N–H and O–H groups in total. The van der Waals surface area contributed by atoms with E-state index in [4.69, 9.17) is 11.6 Å². The van der Waals surface area contributed by atoms with E-state index in [1.807, 2.05) is 35.0 Å². The van der Waals surface area contributed by atoms with Crippen LogP contribution in [0.2, 0.25) is 5.02 Å². The number of imidazole rings is 1. The maximum absolute atomic E-state index is 6.02. The van der Waals surface area contributed by atoms with Gasteiger partial charge in [-0.05, 0) is 24.1 Å². The van der Waals surface area contributed by atoms with E-state index in [0.717, 1.165) is 27.9 Å². The molecule has 3 aromatic rings. The summed E-state index contributed by atoms with van der Waals surface area (Å²) < 4.78 is 2.04. The topological polar surface area (TPSA) is 17.3 Å². The van der Waals surface area contributed by atoms with Gasteiger partial charge in [-0.25, -0.2) is 4.98 Å². The largest absolute Gasteiger partial charge is 0.293 e. The van der Waals surface area contributed by atoms with Crippen LogP contribution in [0.3, 0.4) is 0 Å². The van der Waals surface area contributed by atoms with Gasteiger partial charge in [0, 0.05) is 11.9 Å². The van der Waals surface area contributed by atoms with Crippen LogP contribution in [0.25, 0.3) is 5.65 Å². The Balaban J connectivity index is 1.70. The van der Waals surface area contributed by atoms with Crippen molar-refractivity contribution in [2.45, 2.75) is 11.4 Å². The van der Waals surface area contributed by atoms with E-state index >= 15 is 0 Å². The monoisotopic (exact) mass is 288 g/mol. The number of thioether (sulfide) groups is 1. The summed E-state index contributed by atoms with van der Waals surface area (Å²) in [5, 5.41) is 1.86. The molecule has 0 atom stereocenters. The van der Waals surface area contributed by atoms with Crippen molar-refractivity contribution in [3.8, 4) is 0 Å². The molecule has 0 aliphatic carbocycles. The Morgan fingerprint density at radius 3 is 2.79 bits per heavy atom. The molecule has 0 saturated heterocycles. The number of benzene rings is 1. The molecule has 2 nitrogen and oxygen atoms in total. The molecule has 0 bridgehead atoms. The molecule has 3 rings (SSSR count). The van der Waals surface area contributed by atoms with E-state index in [1.165, 1.54) is 5.56 Å². The summed E-state index contributed by atoms with van der Waals surface area (Å²) in [6.45, 7) is 0. The number of hydrogen-bond acceptors (Lipinski definition) is 2. The second kappa shape index (κ2) is 5.68. The summed E-state index contributed by atoms with van der Waals surface area (Å²) in [4.78, 5) is 4.37. The van der Waals surface area contributed by atoms with Crippen molar-refractivity contribution in [1.82, 2.24) is 9.38 Å². The van der Waals surface area contributed by atoms with E-state index in [-0.39, 0.29) is 0 Å². The van der Waals surface area contributed by atoms with E-state index < -0.39 is 0 Å². The molecule has 0 amide bonds. The third kappa shape index (κ3) is 2.94. The van der Waals surface area contributed by atoms with Crippen LogP contribution in [0.4, 0.5) is 0 Å². The van der Waals surface area contributed by atoms with E-state index in [0.29, 0.717) is 0 Å². The second-order valence-electron chi connectivity index (χ2n) is 4.26. The molecule has 0 saturated carbocycles. The van der Waals surface area contributed by atoms with Crippen molar-refractivity contribution < 1.29 is 0 Å². The lowest BCUT2D eigenvalue weighted by atomic mass is 10.2. The molecule has 2 aromatic heterocycles. The number of aromatic nitrogens is 2. The molecule has 0 unspecified atom stereocenters. The molecule has 96 valence electrons. The zero-order valence-corrected chi connectivity index (χ0v) is 11.9. The van der Waals surface area contributed by atoms with Gasteiger partial charge in [-0.3, -0.25) is 4.40 Å².